The third-order valence-corrected chi connectivity index (χ3v) is 6.28. The largest absolute Gasteiger partial charge is 0.416 e. The van der Waals surface area contributed by atoms with E-state index in [4.69, 9.17) is 5.73 Å². The van der Waals surface area contributed by atoms with Crippen LogP contribution in [0.4, 0.5) is 29.8 Å². The van der Waals surface area contributed by atoms with Crippen LogP contribution in [0.5, 0.6) is 0 Å². The lowest BCUT2D eigenvalue weighted by Crippen LogP contribution is -2.14. The van der Waals surface area contributed by atoms with Crippen molar-refractivity contribution in [3.05, 3.63) is 59.4 Å². The van der Waals surface area contributed by atoms with Crippen LogP contribution < -0.4 is 16.4 Å². The Morgan fingerprint density at radius 3 is 2.71 bits per heavy atom. The predicted octanol–water partition coefficient (Wildman–Crippen LogP) is 4.44. The maximum absolute atomic E-state index is 12.9. The molecule has 0 radical (unpaired) electrons. The first-order valence-corrected chi connectivity index (χ1v) is 10.5. The van der Waals surface area contributed by atoms with E-state index in [1.165, 1.54) is 53.6 Å². The van der Waals surface area contributed by atoms with Gasteiger partial charge in [-0.2, -0.15) is 13.2 Å². The highest BCUT2D eigenvalue weighted by molar-refractivity contribution is 8.01. The predicted molar refractivity (Wildman–Crippen MR) is 114 cm³/mol. The number of alkyl halides is 3. The minimum absolute atomic E-state index is 0.0874. The zero-order chi connectivity index (χ0) is 22.6. The van der Waals surface area contributed by atoms with Gasteiger partial charge in [-0.05, 0) is 37.3 Å². The molecule has 31 heavy (non-hydrogen) atoms. The molecule has 3 rings (SSSR count). The summed E-state index contributed by atoms with van der Waals surface area (Å²) < 4.78 is 39.6. The highest BCUT2D eigenvalue weighted by Gasteiger charge is 2.30. The van der Waals surface area contributed by atoms with Gasteiger partial charge in [-0.15, -0.1) is 11.8 Å². The lowest BCUT2D eigenvalue weighted by molar-refractivity contribution is -0.137. The molecule has 0 saturated heterocycles. The first-order valence-electron chi connectivity index (χ1n) is 8.72. The van der Waals surface area contributed by atoms with Crippen LogP contribution in [-0.2, 0) is 11.0 Å². The van der Waals surface area contributed by atoms with Crippen molar-refractivity contribution in [3.63, 3.8) is 0 Å². The van der Waals surface area contributed by atoms with Gasteiger partial charge in [-0.1, -0.05) is 17.4 Å². The molecule has 162 valence electrons. The number of hydrogen-bond acceptors (Lipinski definition) is 7. The average molecular weight is 467 g/mol. The van der Waals surface area contributed by atoms with E-state index in [0.717, 1.165) is 16.3 Å². The van der Waals surface area contributed by atoms with E-state index in [9.17, 15) is 22.8 Å². The first kappa shape index (κ1) is 22.6. The fraction of sp³-hybridized carbons (Fsp3) is 0.158. The number of benzene rings is 1. The molecular weight excluding hydrogens is 451 g/mol. The van der Waals surface area contributed by atoms with E-state index in [1.807, 2.05) is 0 Å². The number of primary amides is 1. The fourth-order valence-corrected chi connectivity index (χ4v) is 4.34. The first-order chi connectivity index (χ1) is 14.6. The van der Waals surface area contributed by atoms with E-state index in [2.05, 4.69) is 20.6 Å². The van der Waals surface area contributed by atoms with Gasteiger partial charge in [0.05, 0.1) is 26.8 Å². The number of nitrogens with zero attached hydrogens (tertiary/aromatic N) is 2. The molecule has 0 aliphatic carbocycles. The summed E-state index contributed by atoms with van der Waals surface area (Å²) in [6.07, 6.45) is -3.08. The van der Waals surface area contributed by atoms with Crippen molar-refractivity contribution in [2.75, 3.05) is 16.4 Å². The topological polar surface area (TPSA) is 110 Å². The van der Waals surface area contributed by atoms with Gasteiger partial charge in [0, 0.05) is 11.9 Å². The molecule has 4 N–H and O–H groups in total. The number of halogens is 3. The summed E-state index contributed by atoms with van der Waals surface area (Å²) >= 11 is 2.41. The summed E-state index contributed by atoms with van der Waals surface area (Å²) in [4.78, 5) is 32.0. The molecule has 2 aromatic heterocycles. The molecule has 1 aromatic carbocycles. The summed E-state index contributed by atoms with van der Waals surface area (Å²) in [5.74, 6) is -0.827. The maximum Gasteiger partial charge on any atom is 0.416 e. The number of aryl methyl sites for hydroxylation is 1. The minimum Gasteiger partial charge on any atom is -0.369 e. The molecule has 7 nitrogen and oxygen atoms in total. The SMILES string of the molecule is Cc1nc(NC(=O)c2cccnc2Nc2cccc(C(F)(F)F)c2)sc1SCC(N)=O. The number of carbonyl (C=O) groups is 2. The van der Waals surface area contributed by atoms with Crippen LogP contribution >= 0.6 is 23.1 Å². The highest BCUT2D eigenvalue weighted by Crippen LogP contribution is 2.33. The van der Waals surface area contributed by atoms with Crippen LogP contribution in [-0.4, -0.2) is 27.5 Å². The molecule has 0 fully saturated rings. The van der Waals surface area contributed by atoms with Gasteiger partial charge in [-0.25, -0.2) is 9.97 Å². The summed E-state index contributed by atoms with van der Waals surface area (Å²) in [7, 11) is 0. The molecular formula is C19H16F3N5O2S2. The van der Waals surface area contributed by atoms with Gasteiger partial charge in [0.25, 0.3) is 5.91 Å². The molecule has 0 bridgehead atoms. The summed E-state index contributed by atoms with van der Waals surface area (Å²) in [5, 5.41) is 5.71. The van der Waals surface area contributed by atoms with Gasteiger partial charge in [0.15, 0.2) is 5.13 Å². The van der Waals surface area contributed by atoms with Crippen LogP contribution in [0.2, 0.25) is 0 Å². The zero-order valence-corrected chi connectivity index (χ0v) is 17.6. The lowest BCUT2D eigenvalue weighted by atomic mass is 10.2. The average Bonchev–Trinajstić information content (AvgIpc) is 3.05. The summed E-state index contributed by atoms with van der Waals surface area (Å²) in [6.45, 7) is 1.74. The molecule has 0 spiro atoms. The highest BCUT2D eigenvalue weighted by atomic mass is 32.2. The van der Waals surface area contributed by atoms with Gasteiger partial charge < -0.3 is 11.1 Å². The normalized spacial score (nSPS) is 11.2. The maximum atomic E-state index is 12.9. The summed E-state index contributed by atoms with van der Waals surface area (Å²) in [6, 6.07) is 7.61. The molecule has 0 saturated carbocycles. The Kier molecular flexibility index (Phi) is 6.81. The van der Waals surface area contributed by atoms with Crippen LogP contribution in [0.3, 0.4) is 0 Å². The number of hydrogen-bond donors (Lipinski definition) is 3. The Balaban J connectivity index is 1.78. The number of amides is 2. The van der Waals surface area contributed by atoms with Crippen molar-refractivity contribution in [1.29, 1.82) is 0 Å². The van der Waals surface area contributed by atoms with Crippen molar-refractivity contribution >= 4 is 51.5 Å². The summed E-state index contributed by atoms with van der Waals surface area (Å²) in [5.41, 5.74) is 5.22. The molecule has 3 aromatic rings. The van der Waals surface area contributed by atoms with Crippen molar-refractivity contribution in [1.82, 2.24) is 9.97 Å². The number of thiazole rings is 1. The molecule has 0 aliphatic heterocycles. The number of pyridine rings is 1. The zero-order valence-electron chi connectivity index (χ0n) is 16.0. The third-order valence-electron chi connectivity index (χ3n) is 3.82. The quantitative estimate of drug-likeness (QED) is 0.443. The van der Waals surface area contributed by atoms with Crippen molar-refractivity contribution in [3.8, 4) is 0 Å². The molecule has 0 aliphatic rings. The second-order valence-corrected chi connectivity index (χ2v) is 8.45. The monoisotopic (exact) mass is 467 g/mol. The van der Waals surface area contributed by atoms with Crippen molar-refractivity contribution in [2.24, 2.45) is 5.73 Å². The number of nitrogens with two attached hydrogens (primary N) is 1. The Morgan fingerprint density at radius 2 is 2.00 bits per heavy atom. The van der Waals surface area contributed by atoms with E-state index in [0.29, 0.717) is 10.8 Å². The molecule has 0 unspecified atom stereocenters. The van der Waals surface area contributed by atoms with E-state index in [-0.39, 0.29) is 22.8 Å². The molecule has 12 heteroatoms. The number of thioether (sulfide) groups is 1. The van der Waals surface area contributed by atoms with E-state index in [1.54, 1.807) is 6.92 Å². The van der Waals surface area contributed by atoms with Crippen LogP contribution in [0.25, 0.3) is 0 Å². The Bertz CT molecular complexity index is 1120. The number of nitrogens with one attached hydrogen (secondary N) is 2. The number of carbonyl (C=O) groups excluding carboxylic acids is 2. The number of aromatic nitrogens is 2. The van der Waals surface area contributed by atoms with Gasteiger partial charge >= 0.3 is 6.18 Å². The Morgan fingerprint density at radius 1 is 1.23 bits per heavy atom. The lowest BCUT2D eigenvalue weighted by Gasteiger charge is -2.12. The standard InChI is InChI=1S/C19H16F3N5O2S2/c1-10-17(30-9-14(23)28)31-18(25-10)27-16(29)13-6-3-7-24-15(13)26-12-5-2-4-11(8-12)19(20,21)22/h2-8H,9H2,1H3,(H2,23,28)(H,24,26)(H,25,27,29). The van der Waals surface area contributed by atoms with Crippen molar-refractivity contribution < 1.29 is 22.8 Å². The Labute approximate surface area is 183 Å². The minimum atomic E-state index is -4.49. The number of anilines is 3. The third kappa shape index (κ3) is 5.95. The van der Waals surface area contributed by atoms with Crippen LogP contribution in [0.15, 0.2) is 46.8 Å². The van der Waals surface area contributed by atoms with E-state index < -0.39 is 23.6 Å². The van der Waals surface area contributed by atoms with Gasteiger partial charge in [-0.3, -0.25) is 14.9 Å². The fourth-order valence-electron chi connectivity index (χ4n) is 2.47. The van der Waals surface area contributed by atoms with Crippen LogP contribution in [0, 0.1) is 6.92 Å². The van der Waals surface area contributed by atoms with Gasteiger partial charge in [0.2, 0.25) is 5.91 Å². The molecule has 0 atom stereocenters. The van der Waals surface area contributed by atoms with Gasteiger partial charge in [0.1, 0.15) is 5.82 Å². The van der Waals surface area contributed by atoms with E-state index >= 15 is 0 Å². The van der Waals surface area contributed by atoms with Crippen molar-refractivity contribution in [2.45, 2.75) is 17.3 Å². The second-order valence-electron chi connectivity index (χ2n) is 6.20. The Hall–Kier alpha value is -3.12. The molecule has 2 amide bonds. The number of rotatable bonds is 7. The smallest absolute Gasteiger partial charge is 0.369 e. The second kappa shape index (κ2) is 9.35. The molecule has 2 heterocycles. The van der Waals surface area contributed by atoms with Crippen LogP contribution in [0.1, 0.15) is 21.6 Å².